The Hall–Kier alpha value is -3.46. The fraction of sp³-hybridized carbons (Fsp3) is 0.417. The lowest BCUT2D eigenvalue weighted by Gasteiger charge is -2.27. The minimum Gasteiger partial charge on any atom is -0.368 e. The molecule has 2 heterocycles. The molecule has 0 aliphatic heterocycles. The minimum atomic E-state index is -0.277. The van der Waals surface area contributed by atoms with Gasteiger partial charge in [0.2, 0.25) is 17.8 Å². The quantitative estimate of drug-likeness (QED) is 0.486. The highest BCUT2D eigenvalue weighted by molar-refractivity contribution is 5.99. The van der Waals surface area contributed by atoms with Crippen molar-refractivity contribution in [3.8, 4) is 0 Å². The van der Waals surface area contributed by atoms with Crippen molar-refractivity contribution in [3.05, 3.63) is 48.7 Å². The number of hydrogen-bond donors (Lipinski definition) is 3. The van der Waals surface area contributed by atoms with Crippen molar-refractivity contribution in [2.24, 2.45) is 0 Å². The molecule has 1 aliphatic rings. The molecule has 4 N–H and O–H groups in total. The first-order valence-corrected chi connectivity index (χ1v) is 11.4. The third kappa shape index (κ3) is 6.52. The average Bonchev–Trinajstić information content (AvgIpc) is 3.23. The molecule has 1 amide bonds. The first-order chi connectivity index (χ1) is 15.9. The van der Waals surface area contributed by atoms with E-state index in [1.165, 1.54) is 38.2 Å². The highest BCUT2D eigenvalue weighted by Crippen LogP contribution is 2.22. The van der Waals surface area contributed by atoms with Crippen LogP contribution in [0.5, 0.6) is 0 Å². The number of amides is 1. The number of benzene rings is 1. The van der Waals surface area contributed by atoms with E-state index in [9.17, 15) is 4.79 Å². The van der Waals surface area contributed by atoms with E-state index in [2.05, 4.69) is 51.3 Å². The summed E-state index contributed by atoms with van der Waals surface area (Å²) in [4.78, 5) is 22.2. The molecule has 0 atom stereocenters. The summed E-state index contributed by atoms with van der Waals surface area (Å²) >= 11 is 0. The number of fused-ring (bicyclic) bond motifs is 1. The summed E-state index contributed by atoms with van der Waals surface area (Å²) in [6.07, 6.45) is 11.0. The standard InChI is InChI=1S/C16H17N7O.C8H17N/c1-3-10-9-18-23-14(10)21-15(17)22-16(23)20-12-7-5-6-11(8-12)19-13(24)4-2;1-9(2)8-6-4-3-5-7-8/h4-9H,2-3H2,1H3,(H,19,24)(H3,17,20,21,22);8H,3-7H2,1-2H3. The number of hydrogen-bond acceptors (Lipinski definition) is 7. The predicted molar refractivity (Wildman–Crippen MR) is 134 cm³/mol. The van der Waals surface area contributed by atoms with E-state index >= 15 is 0 Å². The fourth-order valence-corrected chi connectivity index (χ4v) is 3.86. The van der Waals surface area contributed by atoms with Gasteiger partial charge in [0.15, 0.2) is 5.65 Å². The Labute approximate surface area is 195 Å². The van der Waals surface area contributed by atoms with Crippen molar-refractivity contribution in [1.29, 1.82) is 0 Å². The number of nitrogens with one attached hydrogen (secondary N) is 2. The molecular weight excluding hydrogens is 416 g/mol. The van der Waals surface area contributed by atoms with Crippen LogP contribution in [-0.2, 0) is 11.2 Å². The van der Waals surface area contributed by atoms with Crippen molar-refractivity contribution >= 4 is 34.8 Å². The number of nitrogens with zero attached hydrogens (tertiary/aromatic N) is 5. The average molecular weight is 451 g/mol. The van der Waals surface area contributed by atoms with Gasteiger partial charge in [0.1, 0.15) is 0 Å². The SMILES string of the molecule is C=CC(=O)Nc1cccc(Nc2nc(N)nc3c(CC)cnn23)c1.CN(C)C1CCCCC1. The number of carbonyl (C=O) groups excluding carboxylic acids is 1. The molecule has 0 bridgehead atoms. The van der Waals surface area contributed by atoms with Gasteiger partial charge >= 0.3 is 0 Å². The van der Waals surface area contributed by atoms with Crippen LogP contribution in [0.2, 0.25) is 0 Å². The zero-order valence-electron chi connectivity index (χ0n) is 19.7. The molecule has 9 nitrogen and oxygen atoms in total. The normalized spacial score (nSPS) is 13.9. The molecule has 9 heteroatoms. The van der Waals surface area contributed by atoms with Crippen LogP contribution in [0.15, 0.2) is 43.1 Å². The summed E-state index contributed by atoms with van der Waals surface area (Å²) < 4.78 is 1.60. The zero-order chi connectivity index (χ0) is 23.8. The molecule has 0 radical (unpaired) electrons. The highest BCUT2D eigenvalue weighted by Gasteiger charge is 2.14. The van der Waals surface area contributed by atoms with E-state index < -0.39 is 0 Å². The number of aryl methyl sites for hydroxylation is 1. The van der Waals surface area contributed by atoms with Gasteiger partial charge < -0.3 is 21.3 Å². The van der Waals surface area contributed by atoms with Crippen LogP contribution >= 0.6 is 0 Å². The molecule has 176 valence electrons. The number of carbonyl (C=O) groups is 1. The fourth-order valence-electron chi connectivity index (χ4n) is 3.86. The third-order valence-corrected chi connectivity index (χ3v) is 5.72. The molecule has 0 unspecified atom stereocenters. The summed E-state index contributed by atoms with van der Waals surface area (Å²) in [6.45, 7) is 5.45. The maximum Gasteiger partial charge on any atom is 0.247 e. The number of rotatable bonds is 6. The molecule has 1 aromatic carbocycles. The van der Waals surface area contributed by atoms with Crippen molar-refractivity contribution in [2.45, 2.75) is 51.5 Å². The first kappa shape index (κ1) is 24.2. The second kappa shape index (κ2) is 11.4. The molecule has 1 saturated carbocycles. The van der Waals surface area contributed by atoms with Crippen LogP contribution in [0.4, 0.5) is 23.3 Å². The minimum absolute atomic E-state index is 0.163. The number of nitrogens with two attached hydrogens (primary N) is 1. The Morgan fingerprint density at radius 2 is 1.97 bits per heavy atom. The lowest BCUT2D eigenvalue weighted by atomic mass is 9.95. The summed E-state index contributed by atoms with van der Waals surface area (Å²) in [7, 11) is 4.38. The van der Waals surface area contributed by atoms with Gasteiger partial charge in [-0.25, -0.2) is 0 Å². The van der Waals surface area contributed by atoms with E-state index in [1.54, 1.807) is 22.8 Å². The number of nitrogen functional groups attached to an aromatic ring is 1. The highest BCUT2D eigenvalue weighted by atomic mass is 16.1. The molecule has 1 fully saturated rings. The summed E-state index contributed by atoms with van der Waals surface area (Å²) in [5.74, 6) is 0.334. The van der Waals surface area contributed by atoms with Crippen LogP contribution < -0.4 is 16.4 Å². The summed E-state index contributed by atoms with van der Waals surface area (Å²) in [5, 5.41) is 10.2. The van der Waals surface area contributed by atoms with E-state index in [-0.39, 0.29) is 11.9 Å². The Bertz CT molecular complexity index is 1090. The molecular formula is C24H34N8O. The van der Waals surface area contributed by atoms with Gasteiger partial charge in [-0.05, 0) is 57.6 Å². The predicted octanol–water partition coefficient (Wildman–Crippen LogP) is 4.02. The molecule has 0 spiro atoms. The second-order valence-electron chi connectivity index (χ2n) is 8.32. The Kier molecular flexibility index (Phi) is 8.37. The largest absolute Gasteiger partial charge is 0.368 e. The first-order valence-electron chi connectivity index (χ1n) is 11.4. The number of aromatic nitrogens is 4. The van der Waals surface area contributed by atoms with Gasteiger partial charge in [-0.15, -0.1) is 0 Å². The van der Waals surface area contributed by atoms with Crippen molar-refractivity contribution < 1.29 is 4.79 Å². The Morgan fingerprint density at radius 1 is 1.24 bits per heavy atom. The zero-order valence-corrected chi connectivity index (χ0v) is 19.7. The van der Waals surface area contributed by atoms with Gasteiger partial charge in [-0.3, -0.25) is 4.79 Å². The van der Waals surface area contributed by atoms with Gasteiger partial charge in [0.05, 0.1) is 6.20 Å². The number of anilines is 4. The molecule has 1 aliphatic carbocycles. The van der Waals surface area contributed by atoms with E-state index in [4.69, 9.17) is 5.73 Å². The second-order valence-corrected chi connectivity index (χ2v) is 8.32. The maximum atomic E-state index is 11.4. The summed E-state index contributed by atoms with van der Waals surface area (Å²) in [5.41, 5.74) is 8.82. The Balaban J connectivity index is 0.000000286. The lowest BCUT2D eigenvalue weighted by molar-refractivity contribution is -0.111. The van der Waals surface area contributed by atoms with Crippen molar-refractivity contribution in [1.82, 2.24) is 24.5 Å². The molecule has 3 aromatic rings. The van der Waals surface area contributed by atoms with Gasteiger partial charge in [-0.1, -0.05) is 38.8 Å². The van der Waals surface area contributed by atoms with E-state index in [0.29, 0.717) is 17.3 Å². The monoisotopic (exact) mass is 450 g/mol. The lowest BCUT2D eigenvalue weighted by Crippen LogP contribution is -2.29. The molecule has 2 aromatic heterocycles. The third-order valence-electron chi connectivity index (χ3n) is 5.72. The topological polar surface area (TPSA) is 113 Å². The van der Waals surface area contributed by atoms with E-state index in [1.807, 2.05) is 19.1 Å². The van der Waals surface area contributed by atoms with Gasteiger partial charge in [-0.2, -0.15) is 19.6 Å². The molecule has 4 rings (SSSR count). The molecule has 33 heavy (non-hydrogen) atoms. The van der Waals surface area contributed by atoms with Gasteiger partial charge in [0, 0.05) is 23.0 Å². The maximum absolute atomic E-state index is 11.4. The van der Waals surface area contributed by atoms with Gasteiger partial charge in [0.25, 0.3) is 0 Å². The van der Waals surface area contributed by atoms with Crippen molar-refractivity contribution in [2.75, 3.05) is 30.5 Å². The van der Waals surface area contributed by atoms with Crippen LogP contribution in [0, 0.1) is 0 Å². The smallest absolute Gasteiger partial charge is 0.247 e. The summed E-state index contributed by atoms with van der Waals surface area (Å²) in [6, 6.07) is 8.09. The molecule has 0 saturated heterocycles. The Morgan fingerprint density at radius 3 is 2.61 bits per heavy atom. The van der Waals surface area contributed by atoms with Crippen LogP contribution in [-0.4, -0.2) is 50.5 Å². The van der Waals surface area contributed by atoms with Crippen LogP contribution in [0.1, 0.15) is 44.6 Å². The van der Waals surface area contributed by atoms with E-state index in [0.717, 1.165) is 23.7 Å². The van der Waals surface area contributed by atoms with Crippen LogP contribution in [0.25, 0.3) is 5.65 Å². The van der Waals surface area contributed by atoms with Crippen LogP contribution in [0.3, 0.4) is 0 Å². The van der Waals surface area contributed by atoms with Crippen molar-refractivity contribution in [3.63, 3.8) is 0 Å².